The number of ether oxygens (including phenoxy) is 2. The van der Waals surface area contributed by atoms with Crippen LogP contribution < -0.4 is 15.2 Å². The van der Waals surface area contributed by atoms with Crippen molar-refractivity contribution in [1.82, 2.24) is 9.97 Å². The average Bonchev–Trinajstić information content (AvgIpc) is 2.35. The van der Waals surface area contributed by atoms with E-state index >= 15 is 0 Å². The van der Waals surface area contributed by atoms with Gasteiger partial charge in [-0.15, -0.1) is 0 Å². The zero-order chi connectivity index (χ0) is 12.1. The van der Waals surface area contributed by atoms with E-state index in [4.69, 9.17) is 15.2 Å². The molecular formula is C12H13N3O2. The van der Waals surface area contributed by atoms with E-state index in [2.05, 4.69) is 9.97 Å². The number of nitrogens with zero attached hydrogens (tertiary/aromatic N) is 2. The molecule has 0 aliphatic carbocycles. The molecule has 0 saturated heterocycles. The first kappa shape index (κ1) is 11.2. The minimum Gasteiger partial charge on any atom is -0.490 e. The molecule has 0 radical (unpaired) electrons. The molecule has 0 spiro atoms. The van der Waals surface area contributed by atoms with Gasteiger partial charge in [0.1, 0.15) is 0 Å². The highest BCUT2D eigenvalue weighted by molar-refractivity contribution is 5.46. The van der Waals surface area contributed by atoms with Crippen molar-refractivity contribution >= 4 is 5.82 Å². The highest BCUT2D eigenvalue weighted by atomic mass is 16.5. The molecule has 2 aromatic rings. The molecule has 0 aliphatic heterocycles. The van der Waals surface area contributed by atoms with Gasteiger partial charge in [0.25, 0.3) is 5.88 Å². The summed E-state index contributed by atoms with van der Waals surface area (Å²) in [5, 5.41) is 0. The number of nitrogen functional groups attached to an aromatic ring is 1. The third-order valence-electron chi connectivity index (χ3n) is 2.05. The summed E-state index contributed by atoms with van der Waals surface area (Å²) in [5.74, 6) is 1.75. The van der Waals surface area contributed by atoms with Crippen molar-refractivity contribution in [2.45, 2.75) is 6.92 Å². The van der Waals surface area contributed by atoms with Crippen LogP contribution in [0.15, 0.2) is 36.7 Å². The minimum absolute atomic E-state index is 0.249. The molecule has 2 N–H and O–H groups in total. The number of benzene rings is 1. The fourth-order valence-corrected chi connectivity index (χ4v) is 1.33. The number of nitrogens with two attached hydrogens (primary N) is 1. The van der Waals surface area contributed by atoms with Crippen molar-refractivity contribution < 1.29 is 9.47 Å². The van der Waals surface area contributed by atoms with Gasteiger partial charge in [0.15, 0.2) is 17.3 Å². The third kappa shape index (κ3) is 2.63. The van der Waals surface area contributed by atoms with E-state index in [-0.39, 0.29) is 11.7 Å². The number of aromatic nitrogens is 2. The first-order valence-electron chi connectivity index (χ1n) is 5.27. The third-order valence-corrected chi connectivity index (χ3v) is 2.05. The maximum absolute atomic E-state index is 5.65. The van der Waals surface area contributed by atoms with Crippen LogP contribution in [0.3, 0.4) is 0 Å². The molecular weight excluding hydrogens is 218 g/mol. The topological polar surface area (TPSA) is 70.3 Å². The van der Waals surface area contributed by atoms with Gasteiger partial charge < -0.3 is 15.2 Å². The smallest absolute Gasteiger partial charge is 0.262 e. The Labute approximate surface area is 99.2 Å². The van der Waals surface area contributed by atoms with Crippen molar-refractivity contribution in [2.24, 2.45) is 0 Å². The van der Waals surface area contributed by atoms with E-state index in [0.717, 1.165) is 0 Å². The van der Waals surface area contributed by atoms with Gasteiger partial charge in [-0.1, -0.05) is 12.1 Å². The van der Waals surface area contributed by atoms with Crippen molar-refractivity contribution in [1.29, 1.82) is 0 Å². The summed E-state index contributed by atoms with van der Waals surface area (Å²) >= 11 is 0. The van der Waals surface area contributed by atoms with E-state index in [1.165, 1.54) is 12.4 Å². The van der Waals surface area contributed by atoms with Crippen molar-refractivity contribution in [3.8, 4) is 17.4 Å². The van der Waals surface area contributed by atoms with Crippen LogP contribution in [0.2, 0.25) is 0 Å². The second-order valence-electron chi connectivity index (χ2n) is 3.23. The minimum atomic E-state index is 0.249. The van der Waals surface area contributed by atoms with Gasteiger partial charge >= 0.3 is 0 Å². The van der Waals surface area contributed by atoms with Crippen molar-refractivity contribution in [2.75, 3.05) is 12.3 Å². The molecule has 88 valence electrons. The normalized spacial score (nSPS) is 9.94. The van der Waals surface area contributed by atoms with Crippen LogP contribution >= 0.6 is 0 Å². The molecule has 17 heavy (non-hydrogen) atoms. The molecule has 0 fully saturated rings. The van der Waals surface area contributed by atoms with Gasteiger partial charge in [-0.2, -0.15) is 0 Å². The fourth-order valence-electron chi connectivity index (χ4n) is 1.33. The summed E-state index contributed by atoms with van der Waals surface area (Å²) in [4.78, 5) is 7.91. The fraction of sp³-hybridized carbons (Fsp3) is 0.167. The highest BCUT2D eigenvalue weighted by Crippen LogP contribution is 2.31. The predicted molar refractivity (Wildman–Crippen MR) is 64.1 cm³/mol. The van der Waals surface area contributed by atoms with E-state index < -0.39 is 0 Å². The van der Waals surface area contributed by atoms with E-state index in [0.29, 0.717) is 18.1 Å². The summed E-state index contributed by atoms with van der Waals surface area (Å²) < 4.78 is 11.0. The molecule has 5 heteroatoms. The molecule has 2 rings (SSSR count). The Morgan fingerprint density at radius 2 is 1.82 bits per heavy atom. The quantitative estimate of drug-likeness (QED) is 0.873. The molecule has 0 bridgehead atoms. The first-order valence-corrected chi connectivity index (χ1v) is 5.27. The van der Waals surface area contributed by atoms with Gasteiger partial charge in [-0.25, -0.2) is 9.97 Å². The van der Waals surface area contributed by atoms with Gasteiger partial charge in [0.2, 0.25) is 0 Å². The van der Waals surface area contributed by atoms with Crippen LogP contribution in [0.25, 0.3) is 0 Å². The lowest BCUT2D eigenvalue weighted by Crippen LogP contribution is -1.99. The molecule has 1 aromatic heterocycles. The second-order valence-corrected chi connectivity index (χ2v) is 3.23. The van der Waals surface area contributed by atoms with E-state index in [1.54, 1.807) is 6.07 Å². The summed E-state index contributed by atoms with van der Waals surface area (Å²) in [6, 6.07) is 7.34. The summed E-state index contributed by atoms with van der Waals surface area (Å²) in [6.45, 7) is 2.48. The number of rotatable bonds is 4. The van der Waals surface area contributed by atoms with Gasteiger partial charge in [-0.3, -0.25) is 0 Å². The number of hydrogen-bond acceptors (Lipinski definition) is 5. The van der Waals surface area contributed by atoms with Gasteiger partial charge in [0.05, 0.1) is 6.61 Å². The Balaban J connectivity index is 2.27. The van der Waals surface area contributed by atoms with Crippen LogP contribution in [0.5, 0.6) is 17.4 Å². The first-order chi connectivity index (χ1) is 8.31. The zero-order valence-corrected chi connectivity index (χ0v) is 9.46. The highest BCUT2D eigenvalue weighted by Gasteiger charge is 2.08. The van der Waals surface area contributed by atoms with Gasteiger partial charge in [-0.05, 0) is 19.1 Å². The molecule has 1 heterocycles. The SMILES string of the molecule is CCOc1ccccc1Oc1nccnc1N. The molecule has 1 aromatic carbocycles. The molecule has 5 nitrogen and oxygen atoms in total. The van der Waals surface area contributed by atoms with Crippen LogP contribution in [0, 0.1) is 0 Å². The zero-order valence-electron chi connectivity index (χ0n) is 9.46. The molecule has 0 aliphatic rings. The lowest BCUT2D eigenvalue weighted by atomic mass is 10.3. The molecule has 0 atom stereocenters. The lowest BCUT2D eigenvalue weighted by molar-refractivity contribution is 0.319. The predicted octanol–water partition coefficient (Wildman–Crippen LogP) is 2.25. The standard InChI is InChI=1S/C12H13N3O2/c1-2-16-9-5-3-4-6-10(9)17-12-11(13)14-7-8-15-12/h3-8H,2H2,1H3,(H2,13,14). The van der Waals surface area contributed by atoms with E-state index in [1.807, 2.05) is 25.1 Å². The van der Waals surface area contributed by atoms with Crippen LogP contribution in [0.4, 0.5) is 5.82 Å². The summed E-state index contributed by atoms with van der Waals surface area (Å²) in [5.41, 5.74) is 5.65. The Kier molecular flexibility index (Phi) is 3.40. The molecule has 0 amide bonds. The molecule has 0 saturated carbocycles. The monoisotopic (exact) mass is 231 g/mol. The summed E-state index contributed by atoms with van der Waals surface area (Å²) in [7, 11) is 0. The van der Waals surface area contributed by atoms with Crippen LogP contribution in [-0.2, 0) is 0 Å². The maximum atomic E-state index is 5.65. The maximum Gasteiger partial charge on any atom is 0.262 e. The van der Waals surface area contributed by atoms with Crippen LogP contribution in [0.1, 0.15) is 6.92 Å². The lowest BCUT2D eigenvalue weighted by Gasteiger charge is -2.10. The molecule has 0 unspecified atom stereocenters. The van der Waals surface area contributed by atoms with Crippen LogP contribution in [-0.4, -0.2) is 16.6 Å². The number of anilines is 1. The number of para-hydroxylation sites is 2. The van der Waals surface area contributed by atoms with Crippen molar-refractivity contribution in [3.63, 3.8) is 0 Å². The Hall–Kier alpha value is -2.30. The summed E-state index contributed by atoms with van der Waals surface area (Å²) in [6.07, 6.45) is 3.03. The average molecular weight is 231 g/mol. The van der Waals surface area contributed by atoms with Crippen molar-refractivity contribution in [3.05, 3.63) is 36.7 Å². The van der Waals surface area contributed by atoms with E-state index in [9.17, 15) is 0 Å². The Bertz CT molecular complexity index is 503. The number of hydrogen-bond donors (Lipinski definition) is 1. The Morgan fingerprint density at radius 1 is 1.12 bits per heavy atom. The second kappa shape index (κ2) is 5.16. The Morgan fingerprint density at radius 3 is 2.53 bits per heavy atom. The van der Waals surface area contributed by atoms with Gasteiger partial charge in [0, 0.05) is 12.4 Å². The largest absolute Gasteiger partial charge is 0.490 e.